The SMILES string of the molecule is CC(C)(C)c1ccc(-c2cc(-c3ccccc3)c(O)c3nc(Oc4ccc5c6ccccc6n(-c6cc(C(C)(C)C)ccn6)c5c4)ccc23)cc1. The van der Waals surface area contributed by atoms with E-state index in [-0.39, 0.29) is 16.6 Å². The highest BCUT2D eigenvalue weighted by Crippen LogP contribution is 2.43. The molecule has 0 bridgehead atoms. The molecule has 0 aliphatic rings. The molecule has 0 unspecified atom stereocenters. The Balaban J connectivity index is 1.26. The molecule has 3 heterocycles. The number of ether oxygens (including phenoxy) is 1. The van der Waals surface area contributed by atoms with Crippen LogP contribution >= 0.6 is 0 Å². The van der Waals surface area contributed by atoms with Gasteiger partial charge in [-0.15, -0.1) is 0 Å². The molecule has 8 rings (SSSR count). The van der Waals surface area contributed by atoms with E-state index in [0.717, 1.165) is 55.3 Å². The fourth-order valence-corrected chi connectivity index (χ4v) is 6.93. The molecule has 0 amide bonds. The van der Waals surface area contributed by atoms with Crippen LogP contribution in [0.25, 0.3) is 60.8 Å². The Labute approximate surface area is 298 Å². The summed E-state index contributed by atoms with van der Waals surface area (Å²) in [4.78, 5) is 9.77. The number of hydrogen-bond donors (Lipinski definition) is 1. The summed E-state index contributed by atoms with van der Waals surface area (Å²) in [6.45, 7) is 13.3. The van der Waals surface area contributed by atoms with Crippen molar-refractivity contribution >= 4 is 32.7 Å². The zero-order valence-corrected chi connectivity index (χ0v) is 29.9. The standard InChI is InChI=1S/C46H41N3O2/c1-45(2,3)31-18-16-30(17-19-31)37-28-38(29-12-8-7-9-13-29)44(50)43-36(37)22-23-42(48-43)51-33-20-21-35-34-14-10-11-15-39(34)49(40(35)27-33)41-26-32(24-25-47-41)46(4,5)6/h7-28,50H,1-6H3. The van der Waals surface area contributed by atoms with E-state index in [9.17, 15) is 5.11 Å². The van der Waals surface area contributed by atoms with Crippen LogP contribution in [0.5, 0.6) is 17.4 Å². The second-order valence-electron chi connectivity index (χ2n) is 15.3. The summed E-state index contributed by atoms with van der Waals surface area (Å²) >= 11 is 0. The summed E-state index contributed by atoms with van der Waals surface area (Å²) < 4.78 is 8.71. The summed E-state index contributed by atoms with van der Waals surface area (Å²) in [5.41, 5.74) is 8.75. The highest BCUT2D eigenvalue weighted by Gasteiger charge is 2.20. The minimum atomic E-state index is -0.0197. The third-order valence-corrected chi connectivity index (χ3v) is 9.78. The fourth-order valence-electron chi connectivity index (χ4n) is 6.93. The number of nitrogens with zero attached hydrogens (tertiary/aromatic N) is 3. The lowest BCUT2D eigenvalue weighted by Gasteiger charge is -2.20. The molecule has 0 aliphatic heterocycles. The van der Waals surface area contributed by atoms with Crippen molar-refractivity contribution in [3.63, 3.8) is 0 Å². The number of benzene rings is 5. The fraction of sp³-hybridized carbons (Fsp3) is 0.174. The van der Waals surface area contributed by atoms with E-state index >= 15 is 0 Å². The van der Waals surface area contributed by atoms with Crippen molar-refractivity contribution in [2.45, 2.75) is 52.4 Å². The molecule has 5 aromatic carbocycles. The zero-order chi connectivity index (χ0) is 35.5. The summed E-state index contributed by atoms with van der Waals surface area (Å²) in [7, 11) is 0. The molecule has 5 heteroatoms. The van der Waals surface area contributed by atoms with Crippen molar-refractivity contribution in [3.8, 4) is 45.5 Å². The monoisotopic (exact) mass is 667 g/mol. The number of para-hydroxylation sites is 1. The van der Waals surface area contributed by atoms with Gasteiger partial charge in [-0.25, -0.2) is 9.97 Å². The van der Waals surface area contributed by atoms with Crippen molar-refractivity contribution in [2.24, 2.45) is 0 Å². The van der Waals surface area contributed by atoms with Crippen LogP contribution in [-0.4, -0.2) is 19.6 Å². The third kappa shape index (κ3) is 5.89. The van der Waals surface area contributed by atoms with Gasteiger partial charge in [0.2, 0.25) is 5.88 Å². The number of pyridine rings is 2. The lowest BCUT2D eigenvalue weighted by Crippen LogP contribution is -2.12. The van der Waals surface area contributed by atoms with Crippen LogP contribution in [0.3, 0.4) is 0 Å². The molecule has 8 aromatic rings. The second-order valence-corrected chi connectivity index (χ2v) is 15.3. The average molecular weight is 668 g/mol. The van der Waals surface area contributed by atoms with Crippen molar-refractivity contribution < 1.29 is 9.84 Å². The number of phenolic OH excluding ortho intramolecular Hbond substituents is 1. The van der Waals surface area contributed by atoms with Crippen molar-refractivity contribution in [3.05, 3.63) is 145 Å². The van der Waals surface area contributed by atoms with Gasteiger partial charge < -0.3 is 9.84 Å². The van der Waals surface area contributed by atoms with Crippen LogP contribution in [-0.2, 0) is 10.8 Å². The van der Waals surface area contributed by atoms with E-state index in [1.165, 1.54) is 11.1 Å². The maximum absolute atomic E-state index is 11.8. The molecule has 0 saturated carbocycles. The van der Waals surface area contributed by atoms with Gasteiger partial charge in [0, 0.05) is 40.1 Å². The summed E-state index contributed by atoms with van der Waals surface area (Å²) in [5, 5.41) is 14.9. The van der Waals surface area contributed by atoms with Crippen molar-refractivity contribution in [1.82, 2.24) is 14.5 Å². The molecule has 0 radical (unpaired) electrons. The second kappa shape index (κ2) is 12.1. The van der Waals surface area contributed by atoms with E-state index in [1.807, 2.05) is 54.7 Å². The Hall–Kier alpha value is -5.94. The van der Waals surface area contributed by atoms with Gasteiger partial charge in [0.05, 0.1) is 11.0 Å². The first kappa shape index (κ1) is 32.3. The van der Waals surface area contributed by atoms with Gasteiger partial charge in [-0.05, 0) is 81.1 Å². The van der Waals surface area contributed by atoms with E-state index in [0.29, 0.717) is 17.1 Å². The first-order chi connectivity index (χ1) is 24.5. The molecule has 0 saturated heterocycles. The van der Waals surface area contributed by atoms with E-state index < -0.39 is 0 Å². The first-order valence-corrected chi connectivity index (χ1v) is 17.5. The lowest BCUT2D eigenvalue weighted by molar-refractivity contribution is 0.460. The van der Waals surface area contributed by atoms with Crippen molar-refractivity contribution in [2.75, 3.05) is 0 Å². The molecule has 5 nitrogen and oxygen atoms in total. The normalized spacial score (nSPS) is 12.2. The number of hydrogen-bond acceptors (Lipinski definition) is 4. The van der Waals surface area contributed by atoms with Gasteiger partial charge >= 0.3 is 0 Å². The van der Waals surface area contributed by atoms with Gasteiger partial charge in [-0.3, -0.25) is 4.57 Å². The van der Waals surface area contributed by atoms with Crippen LogP contribution in [0.1, 0.15) is 52.7 Å². The van der Waals surface area contributed by atoms with E-state index in [1.54, 1.807) is 0 Å². The van der Waals surface area contributed by atoms with Gasteiger partial charge in [0.25, 0.3) is 0 Å². The summed E-state index contributed by atoms with van der Waals surface area (Å²) in [5.74, 6) is 2.02. The quantitative estimate of drug-likeness (QED) is 0.198. The molecule has 1 N–H and O–H groups in total. The van der Waals surface area contributed by atoms with Crippen molar-refractivity contribution in [1.29, 1.82) is 0 Å². The molecule has 3 aromatic heterocycles. The van der Waals surface area contributed by atoms with E-state index in [4.69, 9.17) is 14.7 Å². The van der Waals surface area contributed by atoms with Crippen LogP contribution in [0.2, 0.25) is 0 Å². The first-order valence-electron chi connectivity index (χ1n) is 17.5. The Bertz CT molecular complexity index is 2570. The topological polar surface area (TPSA) is 60.2 Å². The van der Waals surface area contributed by atoms with Gasteiger partial charge in [-0.2, -0.15) is 0 Å². The lowest BCUT2D eigenvalue weighted by atomic mass is 9.85. The minimum Gasteiger partial charge on any atom is -0.505 e. The van der Waals surface area contributed by atoms with Gasteiger partial charge in [0.15, 0.2) is 0 Å². The number of aromatic nitrogens is 3. The molecular weight excluding hydrogens is 627 g/mol. The zero-order valence-electron chi connectivity index (χ0n) is 29.9. The molecule has 0 fully saturated rings. The molecule has 0 aliphatic carbocycles. The predicted octanol–water partition coefficient (Wildman–Crippen LogP) is 12.2. The van der Waals surface area contributed by atoms with Crippen LogP contribution in [0.15, 0.2) is 134 Å². The predicted molar refractivity (Wildman–Crippen MR) is 210 cm³/mol. The third-order valence-electron chi connectivity index (χ3n) is 9.78. The maximum atomic E-state index is 11.8. The molecule has 0 spiro atoms. The summed E-state index contributed by atoms with van der Waals surface area (Å²) in [6.07, 6.45) is 1.89. The number of fused-ring (bicyclic) bond motifs is 4. The van der Waals surface area contributed by atoms with Crippen LogP contribution in [0, 0.1) is 0 Å². The molecule has 51 heavy (non-hydrogen) atoms. The smallest absolute Gasteiger partial charge is 0.219 e. The Morgan fingerprint density at radius 2 is 1.24 bits per heavy atom. The highest BCUT2D eigenvalue weighted by molar-refractivity contribution is 6.09. The average Bonchev–Trinajstić information content (AvgIpc) is 3.45. The number of rotatable bonds is 5. The Morgan fingerprint density at radius 1 is 0.569 bits per heavy atom. The van der Waals surface area contributed by atoms with Gasteiger partial charge in [0.1, 0.15) is 22.8 Å². The Morgan fingerprint density at radius 3 is 1.98 bits per heavy atom. The maximum Gasteiger partial charge on any atom is 0.219 e. The number of phenols is 1. The largest absolute Gasteiger partial charge is 0.505 e. The van der Waals surface area contributed by atoms with Gasteiger partial charge in [-0.1, -0.05) is 114 Å². The highest BCUT2D eigenvalue weighted by atomic mass is 16.5. The van der Waals surface area contributed by atoms with Crippen LogP contribution < -0.4 is 4.74 Å². The molecular formula is C46H41N3O2. The minimum absolute atomic E-state index is 0.0197. The summed E-state index contributed by atoms with van der Waals surface area (Å²) in [6, 6.07) is 43.4. The Kier molecular flexibility index (Phi) is 7.68. The molecule has 252 valence electrons. The number of aromatic hydroxyl groups is 1. The molecule has 0 atom stereocenters. The van der Waals surface area contributed by atoms with Crippen LogP contribution in [0.4, 0.5) is 0 Å². The van der Waals surface area contributed by atoms with E-state index in [2.05, 4.69) is 125 Å².